The molecular formula is C5H14BNO4S. The van der Waals surface area contributed by atoms with Gasteiger partial charge in [-0.25, -0.2) is 13.1 Å². The Morgan fingerprint density at radius 1 is 1.33 bits per heavy atom. The van der Waals surface area contributed by atoms with Crippen LogP contribution in [-0.4, -0.2) is 37.8 Å². The fraction of sp³-hybridized carbons (Fsp3) is 1.00. The van der Waals surface area contributed by atoms with E-state index in [0.29, 0.717) is 0 Å². The normalized spacial score (nSPS) is 14.8. The molecule has 0 saturated carbocycles. The van der Waals surface area contributed by atoms with Crippen molar-refractivity contribution in [2.24, 2.45) is 5.92 Å². The highest BCUT2D eigenvalue weighted by Crippen LogP contribution is 2.03. The van der Waals surface area contributed by atoms with Crippen molar-refractivity contribution in [3.05, 3.63) is 0 Å². The van der Waals surface area contributed by atoms with Crippen LogP contribution in [0.5, 0.6) is 0 Å². The Bertz CT molecular complexity index is 218. The van der Waals surface area contributed by atoms with Crippen molar-refractivity contribution in [3.8, 4) is 0 Å². The second kappa shape index (κ2) is 4.22. The maximum Gasteiger partial charge on any atom is 0.471 e. The van der Waals surface area contributed by atoms with Crippen molar-refractivity contribution in [2.75, 3.05) is 6.26 Å². The van der Waals surface area contributed by atoms with Crippen LogP contribution in [0, 0.1) is 5.92 Å². The van der Waals surface area contributed by atoms with E-state index in [2.05, 4.69) is 4.72 Å². The van der Waals surface area contributed by atoms with Crippen LogP contribution in [0.3, 0.4) is 0 Å². The lowest BCUT2D eigenvalue weighted by molar-refractivity contribution is 0.355. The fourth-order valence-corrected chi connectivity index (χ4v) is 1.68. The van der Waals surface area contributed by atoms with Gasteiger partial charge in [-0.2, -0.15) is 0 Å². The van der Waals surface area contributed by atoms with Crippen molar-refractivity contribution in [1.29, 1.82) is 0 Å². The zero-order valence-electron chi connectivity index (χ0n) is 7.35. The van der Waals surface area contributed by atoms with Gasteiger partial charge in [-0.3, -0.25) is 0 Å². The molecule has 0 aromatic rings. The fourth-order valence-electron chi connectivity index (χ4n) is 0.788. The molecule has 5 nitrogen and oxygen atoms in total. The van der Waals surface area contributed by atoms with E-state index < -0.39 is 23.1 Å². The summed E-state index contributed by atoms with van der Waals surface area (Å²) < 4.78 is 23.6. The van der Waals surface area contributed by atoms with Gasteiger partial charge in [0.25, 0.3) is 0 Å². The minimum atomic E-state index is -3.38. The first-order valence-electron chi connectivity index (χ1n) is 3.57. The van der Waals surface area contributed by atoms with Gasteiger partial charge in [0.15, 0.2) is 0 Å². The van der Waals surface area contributed by atoms with Gasteiger partial charge in [-0.1, -0.05) is 13.8 Å². The third-order valence-electron chi connectivity index (χ3n) is 1.39. The highest BCUT2D eigenvalue weighted by atomic mass is 32.2. The number of hydrogen-bond donors (Lipinski definition) is 3. The van der Waals surface area contributed by atoms with Gasteiger partial charge in [0.2, 0.25) is 10.0 Å². The molecule has 0 spiro atoms. The zero-order valence-corrected chi connectivity index (χ0v) is 8.17. The van der Waals surface area contributed by atoms with Gasteiger partial charge >= 0.3 is 7.12 Å². The van der Waals surface area contributed by atoms with Crippen LogP contribution in [-0.2, 0) is 10.0 Å². The third-order valence-corrected chi connectivity index (χ3v) is 2.09. The molecule has 1 atom stereocenters. The van der Waals surface area contributed by atoms with Gasteiger partial charge in [0, 0.05) is 0 Å². The Hall–Kier alpha value is -0.105. The van der Waals surface area contributed by atoms with Crippen LogP contribution in [0.25, 0.3) is 0 Å². The molecule has 0 bridgehead atoms. The van der Waals surface area contributed by atoms with E-state index in [1.165, 1.54) is 0 Å². The van der Waals surface area contributed by atoms with E-state index >= 15 is 0 Å². The maximum absolute atomic E-state index is 10.7. The van der Waals surface area contributed by atoms with E-state index in [0.717, 1.165) is 6.26 Å². The maximum atomic E-state index is 10.7. The number of rotatable bonds is 4. The molecule has 1 unspecified atom stereocenters. The Morgan fingerprint density at radius 3 is 1.83 bits per heavy atom. The Labute approximate surface area is 73.0 Å². The highest BCUT2D eigenvalue weighted by molar-refractivity contribution is 7.88. The molecule has 72 valence electrons. The van der Waals surface area contributed by atoms with Crippen molar-refractivity contribution in [1.82, 2.24) is 4.72 Å². The lowest BCUT2D eigenvalue weighted by Gasteiger charge is -2.19. The van der Waals surface area contributed by atoms with Gasteiger partial charge in [0.1, 0.15) is 0 Å². The predicted octanol–water partition coefficient (Wildman–Crippen LogP) is -1.43. The summed E-state index contributed by atoms with van der Waals surface area (Å²) in [4.78, 5) is 0. The van der Waals surface area contributed by atoms with E-state index in [1.807, 2.05) is 0 Å². The van der Waals surface area contributed by atoms with Crippen molar-refractivity contribution in [3.63, 3.8) is 0 Å². The molecule has 0 amide bonds. The summed E-state index contributed by atoms with van der Waals surface area (Å²) in [6, 6.07) is 0. The standard InChI is InChI=1S/C5H14BNO4S/c1-4(2)5(6(8)9)7-12(3,10)11/h4-5,7-9H,1-3H3. The Morgan fingerprint density at radius 2 is 1.75 bits per heavy atom. The van der Waals surface area contributed by atoms with E-state index in [1.54, 1.807) is 13.8 Å². The first-order chi connectivity index (χ1) is 5.24. The lowest BCUT2D eigenvalue weighted by atomic mass is 9.74. The van der Waals surface area contributed by atoms with Gasteiger partial charge in [-0.15, -0.1) is 0 Å². The second-order valence-corrected chi connectivity index (χ2v) is 4.85. The van der Waals surface area contributed by atoms with Crippen LogP contribution < -0.4 is 4.72 Å². The number of nitrogens with one attached hydrogen (secondary N) is 1. The summed E-state index contributed by atoms with van der Waals surface area (Å²) in [5.74, 6) is -1.01. The molecule has 12 heavy (non-hydrogen) atoms. The molecule has 0 aliphatic heterocycles. The third kappa shape index (κ3) is 4.71. The van der Waals surface area contributed by atoms with Crippen LogP contribution in [0.2, 0.25) is 0 Å². The molecule has 0 aromatic carbocycles. The molecule has 0 saturated heterocycles. The monoisotopic (exact) mass is 195 g/mol. The molecule has 0 radical (unpaired) electrons. The largest absolute Gasteiger partial charge is 0.471 e. The summed E-state index contributed by atoms with van der Waals surface area (Å²) >= 11 is 0. The van der Waals surface area contributed by atoms with Gasteiger partial charge in [-0.05, 0) is 5.92 Å². The van der Waals surface area contributed by atoms with Crippen molar-refractivity contribution in [2.45, 2.75) is 19.8 Å². The van der Waals surface area contributed by atoms with Crippen molar-refractivity contribution < 1.29 is 18.5 Å². The summed E-state index contributed by atoms with van der Waals surface area (Å²) in [7, 11) is -5.05. The van der Waals surface area contributed by atoms with Crippen LogP contribution in [0.4, 0.5) is 0 Å². The van der Waals surface area contributed by atoms with E-state index in [4.69, 9.17) is 10.0 Å². The lowest BCUT2D eigenvalue weighted by Crippen LogP contribution is -2.49. The average Bonchev–Trinajstić information content (AvgIpc) is 1.79. The van der Waals surface area contributed by atoms with Crippen LogP contribution in [0.1, 0.15) is 13.8 Å². The molecule has 0 aliphatic rings. The smallest absolute Gasteiger partial charge is 0.426 e. The summed E-state index contributed by atoms with van der Waals surface area (Å²) in [6.45, 7) is 3.39. The Kier molecular flexibility index (Phi) is 4.19. The van der Waals surface area contributed by atoms with Crippen LogP contribution >= 0.6 is 0 Å². The first-order valence-corrected chi connectivity index (χ1v) is 5.46. The molecule has 0 heterocycles. The topological polar surface area (TPSA) is 86.6 Å². The zero-order chi connectivity index (χ0) is 9.94. The van der Waals surface area contributed by atoms with Gasteiger partial charge < -0.3 is 10.0 Å². The molecule has 3 N–H and O–H groups in total. The molecular weight excluding hydrogens is 181 g/mol. The quantitative estimate of drug-likeness (QED) is 0.480. The predicted molar refractivity (Wildman–Crippen MR) is 46.8 cm³/mol. The van der Waals surface area contributed by atoms with E-state index in [9.17, 15) is 8.42 Å². The minimum absolute atomic E-state index is 0.167. The molecule has 0 rings (SSSR count). The number of hydrogen-bond acceptors (Lipinski definition) is 4. The molecule has 0 aromatic heterocycles. The number of sulfonamides is 1. The van der Waals surface area contributed by atoms with Crippen molar-refractivity contribution >= 4 is 17.1 Å². The second-order valence-electron chi connectivity index (χ2n) is 3.07. The summed E-state index contributed by atoms with van der Waals surface area (Å²) in [6.07, 6.45) is 0.977. The van der Waals surface area contributed by atoms with Gasteiger partial charge in [0.05, 0.1) is 12.2 Å². The minimum Gasteiger partial charge on any atom is -0.426 e. The average molecular weight is 195 g/mol. The van der Waals surface area contributed by atoms with E-state index in [-0.39, 0.29) is 5.92 Å². The Balaban J connectivity index is 4.35. The molecule has 7 heteroatoms. The first kappa shape index (κ1) is 11.9. The summed E-state index contributed by atoms with van der Waals surface area (Å²) in [5, 5.41) is 17.5. The van der Waals surface area contributed by atoms with Crippen LogP contribution in [0.15, 0.2) is 0 Å². The highest BCUT2D eigenvalue weighted by Gasteiger charge is 2.28. The SMILES string of the molecule is CC(C)C(NS(C)(=O)=O)B(O)O. The molecule has 0 fully saturated rings. The molecule has 0 aliphatic carbocycles. The summed E-state index contributed by atoms with van der Waals surface area (Å²) in [5.41, 5.74) is 0.